The molecule has 2 aromatic rings. The third kappa shape index (κ3) is 5.62. The summed E-state index contributed by atoms with van der Waals surface area (Å²) < 4.78 is 23.8. The van der Waals surface area contributed by atoms with E-state index in [-0.39, 0.29) is 36.5 Å². The van der Waals surface area contributed by atoms with E-state index in [2.05, 4.69) is 16.7 Å². The van der Waals surface area contributed by atoms with Crippen molar-refractivity contribution >= 4 is 18.3 Å². The standard InChI is InChI=1S/C18H19FN2O3.ClH/c19-14-1-3-15(4-2-14)23-12-16-5-6-17(24-16)18(22)21-11-13-7-9-20-10-8-13;/h1-7,20H,8-12H2,(H,21,22);1H. The van der Waals surface area contributed by atoms with Crippen LogP contribution in [0.2, 0.25) is 0 Å². The first kappa shape index (κ1) is 19.0. The number of furan rings is 1. The van der Waals surface area contributed by atoms with Gasteiger partial charge in [0.15, 0.2) is 5.76 Å². The van der Waals surface area contributed by atoms with Crippen LogP contribution in [-0.4, -0.2) is 25.5 Å². The molecule has 1 aromatic carbocycles. The Labute approximate surface area is 151 Å². The second kappa shape index (κ2) is 9.25. The molecule has 0 saturated heterocycles. The fraction of sp³-hybridized carbons (Fsp3) is 0.278. The Kier molecular flexibility index (Phi) is 7.03. The van der Waals surface area contributed by atoms with E-state index in [1.165, 1.54) is 17.7 Å². The highest BCUT2D eigenvalue weighted by atomic mass is 35.5. The second-order valence-corrected chi connectivity index (χ2v) is 5.51. The molecule has 3 rings (SSSR count). The number of benzene rings is 1. The molecule has 2 heterocycles. The maximum Gasteiger partial charge on any atom is 0.287 e. The molecule has 1 amide bonds. The number of hydrogen-bond acceptors (Lipinski definition) is 4. The van der Waals surface area contributed by atoms with Gasteiger partial charge in [0, 0.05) is 13.1 Å². The summed E-state index contributed by atoms with van der Waals surface area (Å²) in [6.45, 7) is 2.49. The molecular weight excluding hydrogens is 347 g/mol. The summed E-state index contributed by atoms with van der Waals surface area (Å²) in [6.07, 6.45) is 3.03. The normalized spacial score (nSPS) is 13.6. The lowest BCUT2D eigenvalue weighted by Crippen LogP contribution is -2.29. The van der Waals surface area contributed by atoms with E-state index in [0.29, 0.717) is 18.1 Å². The van der Waals surface area contributed by atoms with Crippen LogP contribution in [0, 0.1) is 5.82 Å². The van der Waals surface area contributed by atoms with E-state index in [1.54, 1.807) is 24.3 Å². The molecule has 0 bridgehead atoms. The van der Waals surface area contributed by atoms with E-state index < -0.39 is 0 Å². The summed E-state index contributed by atoms with van der Waals surface area (Å²) in [5.41, 5.74) is 1.22. The van der Waals surface area contributed by atoms with Gasteiger partial charge in [-0.15, -0.1) is 12.4 Å². The van der Waals surface area contributed by atoms with Crippen LogP contribution in [-0.2, 0) is 6.61 Å². The van der Waals surface area contributed by atoms with E-state index in [1.807, 2.05) is 0 Å². The number of ether oxygens (including phenoxy) is 1. The van der Waals surface area contributed by atoms with Crippen molar-refractivity contribution in [3.05, 3.63) is 65.4 Å². The summed E-state index contributed by atoms with van der Waals surface area (Å²) in [5.74, 6) is 0.759. The lowest BCUT2D eigenvalue weighted by atomic mass is 10.1. The van der Waals surface area contributed by atoms with Crippen molar-refractivity contribution in [3.63, 3.8) is 0 Å². The van der Waals surface area contributed by atoms with Crippen LogP contribution in [0.25, 0.3) is 0 Å². The molecule has 1 aromatic heterocycles. The third-order valence-electron chi connectivity index (χ3n) is 3.71. The highest BCUT2D eigenvalue weighted by molar-refractivity contribution is 5.91. The van der Waals surface area contributed by atoms with Crippen LogP contribution in [0.15, 0.2) is 52.5 Å². The molecule has 2 N–H and O–H groups in total. The molecule has 0 radical (unpaired) electrons. The second-order valence-electron chi connectivity index (χ2n) is 5.51. The zero-order valence-electron chi connectivity index (χ0n) is 13.6. The molecule has 0 fully saturated rings. The van der Waals surface area contributed by atoms with Gasteiger partial charge in [0.25, 0.3) is 5.91 Å². The topological polar surface area (TPSA) is 63.5 Å². The van der Waals surface area contributed by atoms with Gasteiger partial charge in [-0.05, 0) is 49.4 Å². The SMILES string of the molecule is Cl.O=C(NCC1=CCNCC1)c1ccc(COc2ccc(F)cc2)o1. The minimum atomic E-state index is -0.317. The fourth-order valence-electron chi connectivity index (χ4n) is 2.37. The van der Waals surface area contributed by atoms with Crippen molar-refractivity contribution in [3.8, 4) is 5.75 Å². The molecule has 0 unspecified atom stereocenters. The number of carbonyl (C=O) groups excluding carboxylic acids is 1. The number of halogens is 2. The average molecular weight is 367 g/mol. The van der Waals surface area contributed by atoms with Crippen molar-refractivity contribution < 1.29 is 18.3 Å². The zero-order chi connectivity index (χ0) is 16.8. The van der Waals surface area contributed by atoms with Gasteiger partial charge < -0.3 is 19.8 Å². The summed E-state index contributed by atoms with van der Waals surface area (Å²) in [7, 11) is 0. The number of amides is 1. The van der Waals surface area contributed by atoms with Gasteiger partial charge in [-0.2, -0.15) is 0 Å². The first-order valence-corrected chi connectivity index (χ1v) is 7.84. The Balaban J connectivity index is 0.00000225. The minimum absolute atomic E-state index is 0. The monoisotopic (exact) mass is 366 g/mol. The summed E-state index contributed by atoms with van der Waals surface area (Å²) in [6, 6.07) is 9.05. The lowest BCUT2D eigenvalue weighted by Gasteiger charge is -2.14. The smallest absolute Gasteiger partial charge is 0.287 e. The first-order chi connectivity index (χ1) is 11.7. The van der Waals surface area contributed by atoms with Crippen LogP contribution >= 0.6 is 12.4 Å². The predicted molar refractivity (Wildman–Crippen MR) is 94.6 cm³/mol. The van der Waals surface area contributed by atoms with Gasteiger partial charge in [-0.3, -0.25) is 4.79 Å². The molecule has 5 nitrogen and oxygen atoms in total. The summed E-state index contributed by atoms with van der Waals surface area (Å²) in [4.78, 5) is 12.1. The average Bonchev–Trinajstić information content (AvgIpc) is 3.09. The summed E-state index contributed by atoms with van der Waals surface area (Å²) >= 11 is 0. The lowest BCUT2D eigenvalue weighted by molar-refractivity contribution is 0.0925. The Morgan fingerprint density at radius 1 is 1.24 bits per heavy atom. The Bertz CT molecular complexity index is 728. The number of carbonyl (C=O) groups is 1. The van der Waals surface area contributed by atoms with Crippen molar-refractivity contribution in [2.24, 2.45) is 0 Å². The van der Waals surface area contributed by atoms with Crippen LogP contribution in [0.5, 0.6) is 5.75 Å². The fourth-order valence-corrected chi connectivity index (χ4v) is 2.37. The van der Waals surface area contributed by atoms with Crippen molar-refractivity contribution in [1.29, 1.82) is 0 Å². The van der Waals surface area contributed by atoms with Gasteiger partial charge in [-0.1, -0.05) is 11.6 Å². The molecule has 0 spiro atoms. The Hall–Kier alpha value is -2.31. The highest BCUT2D eigenvalue weighted by Gasteiger charge is 2.12. The number of rotatable bonds is 6. The molecule has 134 valence electrons. The molecule has 7 heteroatoms. The van der Waals surface area contributed by atoms with Gasteiger partial charge in [-0.25, -0.2) is 4.39 Å². The van der Waals surface area contributed by atoms with E-state index >= 15 is 0 Å². The highest BCUT2D eigenvalue weighted by Crippen LogP contribution is 2.15. The maximum atomic E-state index is 12.8. The first-order valence-electron chi connectivity index (χ1n) is 7.84. The van der Waals surface area contributed by atoms with Crippen molar-refractivity contribution in [2.75, 3.05) is 19.6 Å². The molecule has 0 saturated carbocycles. The van der Waals surface area contributed by atoms with Gasteiger partial charge in [0.2, 0.25) is 0 Å². The quantitative estimate of drug-likeness (QED) is 0.771. The van der Waals surface area contributed by atoms with E-state index in [0.717, 1.165) is 19.5 Å². The van der Waals surface area contributed by atoms with Gasteiger partial charge in [0.1, 0.15) is 23.9 Å². The Morgan fingerprint density at radius 3 is 2.76 bits per heavy atom. The zero-order valence-corrected chi connectivity index (χ0v) is 14.4. The predicted octanol–water partition coefficient (Wildman–Crippen LogP) is 3.07. The van der Waals surface area contributed by atoms with E-state index in [9.17, 15) is 9.18 Å². The molecule has 1 aliphatic rings. The van der Waals surface area contributed by atoms with Gasteiger partial charge >= 0.3 is 0 Å². The number of hydrogen-bond donors (Lipinski definition) is 2. The number of nitrogens with one attached hydrogen (secondary N) is 2. The largest absolute Gasteiger partial charge is 0.486 e. The van der Waals surface area contributed by atoms with E-state index in [4.69, 9.17) is 9.15 Å². The molecular formula is C18H20ClFN2O3. The van der Waals surface area contributed by atoms with Gasteiger partial charge in [0.05, 0.1) is 0 Å². The summed E-state index contributed by atoms with van der Waals surface area (Å²) in [5, 5.41) is 6.08. The third-order valence-corrected chi connectivity index (χ3v) is 3.71. The maximum absolute atomic E-state index is 12.8. The van der Waals surface area contributed by atoms with Crippen molar-refractivity contribution in [2.45, 2.75) is 13.0 Å². The molecule has 1 aliphatic heterocycles. The van der Waals surface area contributed by atoms with Crippen LogP contribution in [0.4, 0.5) is 4.39 Å². The van der Waals surface area contributed by atoms with Crippen molar-refractivity contribution in [1.82, 2.24) is 10.6 Å². The minimum Gasteiger partial charge on any atom is -0.486 e. The molecule has 25 heavy (non-hydrogen) atoms. The molecule has 0 atom stereocenters. The van der Waals surface area contributed by atoms with Crippen LogP contribution < -0.4 is 15.4 Å². The molecule has 0 aliphatic carbocycles. The Morgan fingerprint density at radius 2 is 2.04 bits per heavy atom. The van der Waals surface area contributed by atoms with Crippen LogP contribution in [0.1, 0.15) is 22.7 Å². The van der Waals surface area contributed by atoms with Crippen LogP contribution in [0.3, 0.4) is 0 Å².